The van der Waals surface area contributed by atoms with Gasteiger partial charge in [0, 0.05) is 29.2 Å². The van der Waals surface area contributed by atoms with Crippen molar-refractivity contribution in [2.24, 2.45) is 0 Å². The first-order valence-corrected chi connectivity index (χ1v) is 9.97. The monoisotopic (exact) mass is 405 g/mol. The predicted octanol–water partition coefficient (Wildman–Crippen LogP) is 4.91. The summed E-state index contributed by atoms with van der Waals surface area (Å²) in [5.41, 5.74) is 5.00. The number of anilines is 1. The number of nitrogens with zero attached hydrogens (tertiary/aromatic N) is 3. The molecule has 0 bridgehead atoms. The van der Waals surface area contributed by atoms with E-state index in [1.54, 1.807) is 24.7 Å². The van der Waals surface area contributed by atoms with E-state index < -0.39 is 0 Å². The molecule has 0 radical (unpaired) electrons. The Labute approximate surface area is 179 Å². The van der Waals surface area contributed by atoms with E-state index in [0.29, 0.717) is 22.4 Å². The van der Waals surface area contributed by atoms with Crippen LogP contribution in [0.2, 0.25) is 0 Å². The average Bonchev–Trinajstić information content (AvgIpc) is 3.33. The van der Waals surface area contributed by atoms with Crippen LogP contribution >= 0.6 is 0 Å². The molecular weight excluding hydrogens is 386 g/mol. The van der Waals surface area contributed by atoms with Crippen LogP contribution in [-0.2, 0) is 4.79 Å². The second kappa shape index (κ2) is 7.54. The zero-order valence-corrected chi connectivity index (χ0v) is 16.9. The van der Waals surface area contributed by atoms with Crippen molar-refractivity contribution in [1.82, 2.24) is 9.55 Å². The molecule has 1 aliphatic rings. The largest absolute Gasteiger partial charge is 0.306 e. The van der Waals surface area contributed by atoms with Crippen molar-refractivity contribution in [3.05, 3.63) is 114 Å². The van der Waals surface area contributed by atoms with Crippen molar-refractivity contribution < 1.29 is 9.59 Å². The van der Waals surface area contributed by atoms with Crippen LogP contribution in [0.15, 0.2) is 91.5 Å². The molecule has 0 spiro atoms. The molecule has 0 unspecified atom stereocenters. The molecule has 0 fully saturated rings. The molecule has 0 aliphatic carbocycles. The molecular formula is C26H19N3O2. The Hall–Kier alpha value is -4.25. The molecule has 5 nitrogen and oxygen atoms in total. The number of hydrogen-bond acceptors (Lipinski definition) is 3. The molecule has 2 heterocycles. The van der Waals surface area contributed by atoms with E-state index in [1.165, 1.54) is 4.90 Å². The lowest BCUT2D eigenvalue weighted by Gasteiger charge is -2.29. The van der Waals surface area contributed by atoms with Gasteiger partial charge in [-0.1, -0.05) is 48.5 Å². The lowest BCUT2D eigenvalue weighted by Crippen LogP contribution is -2.42. The second-order valence-electron chi connectivity index (χ2n) is 7.40. The lowest BCUT2D eigenvalue weighted by atomic mass is 9.91. The summed E-state index contributed by atoms with van der Waals surface area (Å²) in [6, 6.07) is 22.5. The van der Waals surface area contributed by atoms with Crippen LogP contribution in [0.4, 0.5) is 5.69 Å². The molecule has 31 heavy (non-hydrogen) atoms. The molecule has 5 rings (SSSR count). The highest BCUT2D eigenvalue weighted by Crippen LogP contribution is 2.34. The molecule has 3 aromatic carbocycles. The summed E-state index contributed by atoms with van der Waals surface area (Å²) < 4.78 is 1.91. The van der Waals surface area contributed by atoms with Crippen LogP contribution in [0.25, 0.3) is 17.3 Å². The van der Waals surface area contributed by atoms with Crippen LogP contribution < -0.4 is 4.90 Å². The number of aromatic nitrogens is 2. The minimum Gasteiger partial charge on any atom is -0.306 e. The number of imidazole rings is 1. The van der Waals surface area contributed by atoms with Gasteiger partial charge in [-0.05, 0) is 54.0 Å². The van der Waals surface area contributed by atoms with Crippen molar-refractivity contribution in [1.29, 1.82) is 0 Å². The Kier molecular flexibility index (Phi) is 4.56. The third kappa shape index (κ3) is 3.26. The summed E-state index contributed by atoms with van der Waals surface area (Å²) >= 11 is 0. The number of amides is 2. The van der Waals surface area contributed by atoms with E-state index in [2.05, 4.69) is 4.98 Å². The van der Waals surface area contributed by atoms with Crippen LogP contribution in [0.5, 0.6) is 0 Å². The van der Waals surface area contributed by atoms with Gasteiger partial charge < -0.3 is 4.57 Å². The van der Waals surface area contributed by atoms with Gasteiger partial charge in [-0.2, -0.15) is 0 Å². The molecule has 150 valence electrons. The third-order valence-electron chi connectivity index (χ3n) is 5.45. The molecule has 0 saturated carbocycles. The fourth-order valence-electron chi connectivity index (χ4n) is 3.85. The minimum absolute atomic E-state index is 0.303. The molecule has 0 saturated heterocycles. The average molecular weight is 405 g/mol. The quantitative estimate of drug-likeness (QED) is 0.360. The Bertz CT molecular complexity index is 1320. The van der Waals surface area contributed by atoms with Crippen LogP contribution in [0.3, 0.4) is 0 Å². The number of carbonyl (C=O) groups excluding carboxylic acids is 2. The number of hydrogen-bond donors (Lipinski definition) is 0. The Morgan fingerprint density at radius 2 is 1.52 bits per heavy atom. The number of para-hydroxylation sites is 1. The predicted molar refractivity (Wildman–Crippen MR) is 121 cm³/mol. The highest BCUT2D eigenvalue weighted by Gasteiger charge is 2.36. The first-order valence-electron chi connectivity index (χ1n) is 9.97. The first-order chi connectivity index (χ1) is 15.1. The number of carbonyl (C=O) groups is 2. The van der Waals surface area contributed by atoms with Gasteiger partial charge >= 0.3 is 0 Å². The SMILES string of the molecule is Cc1ccccc1N1C(=O)C(=Cc2ccc(-n3ccnc3)cc2)c2ccccc2C1=O. The van der Waals surface area contributed by atoms with Gasteiger partial charge in [0.2, 0.25) is 0 Å². The number of fused-ring (bicyclic) bond motifs is 1. The van der Waals surface area contributed by atoms with Crippen LogP contribution in [0, 0.1) is 6.92 Å². The standard InChI is InChI=1S/C26H19N3O2/c1-18-6-2-5-9-24(18)29-25(30)22-8-4-3-7-21(22)23(26(29)31)16-19-10-12-20(13-11-19)28-15-14-27-17-28/h2-17H,1H3. The zero-order chi connectivity index (χ0) is 21.4. The topological polar surface area (TPSA) is 55.2 Å². The van der Waals surface area contributed by atoms with E-state index in [9.17, 15) is 9.59 Å². The summed E-state index contributed by atoms with van der Waals surface area (Å²) in [5.74, 6) is -0.626. The molecule has 0 N–H and O–H groups in total. The Morgan fingerprint density at radius 3 is 2.23 bits per heavy atom. The minimum atomic E-state index is -0.323. The van der Waals surface area contributed by atoms with E-state index in [4.69, 9.17) is 0 Å². The lowest BCUT2D eigenvalue weighted by molar-refractivity contribution is -0.112. The number of imide groups is 1. The van der Waals surface area contributed by atoms with Crippen molar-refractivity contribution in [3.63, 3.8) is 0 Å². The summed E-state index contributed by atoms with van der Waals surface area (Å²) in [5, 5.41) is 0. The second-order valence-corrected chi connectivity index (χ2v) is 7.40. The highest BCUT2D eigenvalue weighted by molar-refractivity contribution is 6.43. The van der Waals surface area contributed by atoms with Crippen molar-refractivity contribution in [2.75, 3.05) is 4.90 Å². The van der Waals surface area contributed by atoms with Crippen molar-refractivity contribution in [2.45, 2.75) is 6.92 Å². The fraction of sp³-hybridized carbons (Fsp3) is 0.0385. The Morgan fingerprint density at radius 1 is 0.806 bits per heavy atom. The molecule has 1 aliphatic heterocycles. The summed E-state index contributed by atoms with van der Waals surface area (Å²) in [4.78, 5) is 32.1. The zero-order valence-electron chi connectivity index (χ0n) is 16.9. The maximum Gasteiger partial charge on any atom is 0.265 e. The van der Waals surface area contributed by atoms with E-state index >= 15 is 0 Å². The smallest absolute Gasteiger partial charge is 0.265 e. The number of aryl methyl sites for hydroxylation is 1. The van der Waals surface area contributed by atoms with Gasteiger partial charge in [0.1, 0.15) is 0 Å². The van der Waals surface area contributed by atoms with Gasteiger partial charge in [0.15, 0.2) is 0 Å². The highest BCUT2D eigenvalue weighted by atomic mass is 16.2. The van der Waals surface area contributed by atoms with Crippen LogP contribution in [-0.4, -0.2) is 21.4 Å². The van der Waals surface area contributed by atoms with Gasteiger partial charge in [0.25, 0.3) is 11.8 Å². The first kappa shape index (κ1) is 18.8. The van der Waals surface area contributed by atoms with E-state index in [0.717, 1.165) is 16.8 Å². The molecule has 5 heteroatoms. The van der Waals surface area contributed by atoms with E-state index in [-0.39, 0.29) is 11.8 Å². The van der Waals surface area contributed by atoms with Gasteiger partial charge in [0.05, 0.1) is 12.0 Å². The molecule has 2 amide bonds. The van der Waals surface area contributed by atoms with Gasteiger partial charge in [-0.15, -0.1) is 0 Å². The van der Waals surface area contributed by atoms with Crippen molar-refractivity contribution >= 4 is 29.2 Å². The normalized spacial score (nSPS) is 14.7. The Balaban J connectivity index is 1.61. The molecule has 0 atom stereocenters. The summed E-state index contributed by atoms with van der Waals surface area (Å²) in [6.45, 7) is 1.90. The van der Waals surface area contributed by atoms with Crippen LogP contribution in [0.1, 0.15) is 27.0 Å². The fourth-order valence-corrected chi connectivity index (χ4v) is 3.85. The van der Waals surface area contributed by atoms with E-state index in [1.807, 2.05) is 84.4 Å². The third-order valence-corrected chi connectivity index (χ3v) is 5.45. The summed E-state index contributed by atoms with van der Waals surface area (Å²) in [7, 11) is 0. The molecule has 4 aromatic rings. The van der Waals surface area contributed by atoms with Gasteiger partial charge in [-0.3, -0.25) is 9.59 Å². The number of rotatable bonds is 3. The number of benzene rings is 3. The maximum absolute atomic E-state index is 13.5. The summed E-state index contributed by atoms with van der Waals surface area (Å²) in [6.07, 6.45) is 7.18. The van der Waals surface area contributed by atoms with Gasteiger partial charge in [-0.25, -0.2) is 9.88 Å². The molecule has 1 aromatic heterocycles. The maximum atomic E-state index is 13.5. The van der Waals surface area contributed by atoms with Crippen molar-refractivity contribution in [3.8, 4) is 5.69 Å².